The number of pyridine rings is 2. The summed E-state index contributed by atoms with van der Waals surface area (Å²) in [5.74, 6) is 0.00516. The van der Waals surface area contributed by atoms with Gasteiger partial charge in [0.2, 0.25) is 5.91 Å². The Balaban J connectivity index is 1.96. The van der Waals surface area contributed by atoms with Crippen molar-refractivity contribution in [1.29, 1.82) is 0 Å². The number of carbonyl (C=O) groups excluding carboxylic acids is 1. The molecule has 2 aromatic heterocycles. The molecule has 0 saturated heterocycles. The zero-order valence-corrected chi connectivity index (χ0v) is 11.7. The minimum atomic E-state index is 0.00516. The van der Waals surface area contributed by atoms with E-state index in [0.717, 1.165) is 11.4 Å². The first-order valence-corrected chi connectivity index (χ1v) is 6.41. The highest BCUT2D eigenvalue weighted by molar-refractivity contribution is 5.78. The summed E-state index contributed by atoms with van der Waals surface area (Å²) in [6.45, 7) is 2.43. The molecule has 0 fully saturated rings. The molecule has 2 aromatic rings. The van der Waals surface area contributed by atoms with Crippen LogP contribution in [0.15, 0.2) is 36.5 Å². The van der Waals surface area contributed by atoms with E-state index in [2.05, 4.69) is 9.97 Å². The molecule has 0 bridgehead atoms. The summed E-state index contributed by atoms with van der Waals surface area (Å²) in [5, 5.41) is 0. The predicted molar refractivity (Wildman–Crippen MR) is 77.8 cm³/mol. The van der Waals surface area contributed by atoms with Crippen LogP contribution >= 0.6 is 0 Å². The minimum Gasteiger partial charge on any atom is -0.397 e. The van der Waals surface area contributed by atoms with Crippen molar-refractivity contribution >= 4 is 11.6 Å². The SMILES string of the molecule is Cc1cccc(CN(C)C(=O)Cc2ccc(N)cn2)n1. The van der Waals surface area contributed by atoms with Crippen LogP contribution in [0.2, 0.25) is 0 Å². The van der Waals surface area contributed by atoms with Gasteiger partial charge in [0.1, 0.15) is 0 Å². The van der Waals surface area contributed by atoms with Gasteiger partial charge in [-0.25, -0.2) is 0 Å². The molecule has 0 unspecified atom stereocenters. The van der Waals surface area contributed by atoms with Gasteiger partial charge in [-0.1, -0.05) is 6.07 Å². The fraction of sp³-hybridized carbons (Fsp3) is 0.267. The van der Waals surface area contributed by atoms with Gasteiger partial charge in [-0.15, -0.1) is 0 Å². The maximum Gasteiger partial charge on any atom is 0.228 e. The highest BCUT2D eigenvalue weighted by Gasteiger charge is 2.11. The molecule has 2 N–H and O–H groups in total. The molecule has 0 aliphatic carbocycles. The first-order chi connectivity index (χ1) is 9.54. The summed E-state index contributed by atoms with van der Waals surface area (Å²) in [6.07, 6.45) is 1.83. The van der Waals surface area contributed by atoms with Crippen molar-refractivity contribution in [1.82, 2.24) is 14.9 Å². The van der Waals surface area contributed by atoms with Gasteiger partial charge >= 0.3 is 0 Å². The van der Waals surface area contributed by atoms with E-state index in [-0.39, 0.29) is 12.3 Å². The van der Waals surface area contributed by atoms with Gasteiger partial charge < -0.3 is 10.6 Å². The second-order valence-corrected chi connectivity index (χ2v) is 4.78. The highest BCUT2D eigenvalue weighted by atomic mass is 16.2. The van der Waals surface area contributed by atoms with E-state index < -0.39 is 0 Å². The van der Waals surface area contributed by atoms with Crippen LogP contribution in [0.25, 0.3) is 0 Å². The van der Waals surface area contributed by atoms with Crippen LogP contribution in [0, 0.1) is 6.92 Å². The van der Waals surface area contributed by atoms with Crippen LogP contribution in [0.1, 0.15) is 17.1 Å². The molecule has 20 heavy (non-hydrogen) atoms. The second kappa shape index (κ2) is 6.14. The number of nitrogen functional groups attached to an aromatic ring is 1. The van der Waals surface area contributed by atoms with Crippen LogP contribution in [0.4, 0.5) is 5.69 Å². The standard InChI is InChI=1S/C15H18N4O/c1-11-4-3-5-14(18-11)10-19(2)15(20)8-13-7-6-12(16)9-17-13/h3-7,9H,8,10,16H2,1-2H3. The normalized spacial score (nSPS) is 10.3. The molecule has 0 aliphatic rings. The number of carbonyl (C=O) groups is 1. The zero-order valence-electron chi connectivity index (χ0n) is 11.7. The molecule has 2 heterocycles. The van der Waals surface area contributed by atoms with E-state index in [9.17, 15) is 4.79 Å². The van der Waals surface area contributed by atoms with Gasteiger partial charge in [-0.05, 0) is 31.2 Å². The second-order valence-electron chi connectivity index (χ2n) is 4.78. The molecule has 0 aromatic carbocycles. The Morgan fingerprint density at radius 3 is 2.70 bits per heavy atom. The summed E-state index contributed by atoms with van der Waals surface area (Å²) in [4.78, 5) is 22.3. The summed E-state index contributed by atoms with van der Waals surface area (Å²) in [6, 6.07) is 9.31. The van der Waals surface area contributed by atoms with E-state index in [4.69, 9.17) is 5.73 Å². The smallest absolute Gasteiger partial charge is 0.228 e. The van der Waals surface area contributed by atoms with Crippen LogP contribution in [0.3, 0.4) is 0 Å². The summed E-state index contributed by atoms with van der Waals surface area (Å²) < 4.78 is 0. The van der Waals surface area contributed by atoms with Crippen molar-refractivity contribution in [2.45, 2.75) is 19.9 Å². The van der Waals surface area contributed by atoms with Crippen molar-refractivity contribution in [2.24, 2.45) is 0 Å². The molecule has 104 valence electrons. The van der Waals surface area contributed by atoms with E-state index in [0.29, 0.717) is 17.9 Å². The van der Waals surface area contributed by atoms with Crippen LogP contribution < -0.4 is 5.73 Å². The van der Waals surface area contributed by atoms with Gasteiger partial charge in [-0.3, -0.25) is 14.8 Å². The fourth-order valence-corrected chi connectivity index (χ4v) is 1.85. The van der Waals surface area contributed by atoms with Gasteiger partial charge in [0.05, 0.1) is 30.5 Å². The molecule has 0 saturated carbocycles. The number of hydrogen-bond donors (Lipinski definition) is 1. The Morgan fingerprint density at radius 2 is 2.05 bits per heavy atom. The van der Waals surface area contributed by atoms with Crippen molar-refractivity contribution in [3.05, 3.63) is 53.6 Å². The first-order valence-electron chi connectivity index (χ1n) is 6.41. The van der Waals surface area contributed by atoms with Crippen molar-refractivity contribution < 1.29 is 4.79 Å². The molecule has 5 heteroatoms. The van der Waals surface area contributed by atoms with E-state index in [1.165, 1.54) is 0 Å². The summed E-state index contributed by atoms with van der Waals surface area (Å²) in [5.41, 5.74) is 8.71. The number of rotatable bonds is 4. The fourth-order valence-electron chi connectivity index (χ4n) is 1.85. The lowest BCUT2D eigenvalue weighted by molar-refractivity contribution is -0.129. The molecule has 0 aliphatic heterocycles. The number of likely N-dealkylation sites (N-methyl/N-ethyl adjacent to an activating group) is 1. The highest BCUT2D eigenvalue weighted by Crippen LogP contribution is 2.06. The third kappa shape index (κ3) is 3.78. The van der Waals surface area contributed by atoms with E-state index >= 15 is 0 Å². The molecule has 0 spiro atoms. The van der Waals surface area contributed by atoms with Crippen molar-refractivity contribution in [3.8, 4) is 0 Å². The monoisotopic (exact) mass is 270 g/mol. The lowest BCUT2D eigenvalue weighted by Crippen LogP contribution is -2.28. The Morgan fingerprint density at radius 1 is 1.25 bits per heavy atom. The predicted octanol–water partition coefficient (Wildman–Crippen LogP) is 1.57. The average molecular weight is 270 g/mol. The molecule has 5 nitrogen and oxygen atoms in total. The minimum absolute atomic E-state index is 0.00516. The number of aromatic nitrogens is 2. The number of amides is 1. The summed E-state index contributed by atoms with van der Waals surface area (Å²) in [7, 11) is 1.77. The van der Waals surface area contributed by atoms with Gasteiger partial charge in [0.25, 0.3) is 0 Å². The molecule has 0 radical (unpaired) electrons. The third-order valence-electron chi connectivity index (χ3n) is 2.95. The lowest BCUT2D eigenvalue weighted by Gasteiger charge is -2.16. The number of aryl methyl sites for hydroxylation is 1. The van der Waals surface area contributed by atoms with Crippen molar-refractivity contribution in [3.63, 3.8) is 0 Å². The number of hydrogen-bond acceptors (Lipinski definition) is 4. The Bertz CT molecular complexity index is 595. The molecular formula is C15H18N4O. The van der Waals surface area contributed by atoms with Gasteiger partial charge in [-0.2, -0.15) is 0 Å². The molecular weight excluding hydrogens is 252 g/mol. The largest absolute Gasteiger partial charge is 0.397 e. The molecule has 1 amide bonds. The average Bonchev–Trinajstić information content (AvgIpc) is 2.41. The van der Waals surface area contributed by atoms with Gasteiger partial charge in [0, 0.05) is 18.4 Å². The topological polar surface area (TPSA) is 72.1 Å². The quantitative estimate of drug-likeness (QED) is 0.915. The number of nitrogens with zero attached hydrogens (tertiary/aromatic N) is 3. The number of nitrogens with two attached hydrogens (primary N) is 1. The maximum absolute atomic E-state index is 12.1. The third-order valence-corrected chi connectivity index (χ3v) is 2.95. The zero-order chi connectivity index (χ0) is 14.5. The van der Waals surface area contributed by atoms with E-state index in [1.807, 2.05) is 25.1 Å². The Labute approximate surface area is 118 Å². The van der Waals surface area contributed by atoms with Crippen LogP contribution in [0.5, 0.6) is 0 Å². The molecule has 2 rings (SSSR count). The lowest BCUT2D eigenvalue weighted by atomic mass is 10.2. The molecule has 0 atom stereocenters. The van der Waals surface area contributed by atoms with Gasteiger partial charge in [0.15, 0.2) is 0 Å². The van der Waals surface area contributed by atoms with Crippen LogP contribution in [-0.2, 0) is 17.8 Å². The maximum atomic E-state index is 12.1. The first kappa shape index (κ1) is 14.0. The Kier molecular flexibility index (Phi) is 4.30. The van der Waals surface area contributed by atoms with Crippen LogP contribution in [-0.4, -0.2) is 27.8 Å². The van der Waals surface area contributed by atoms with Crippen molar-refractivity contribution in [2.75, 3.05) is 12.8 Å². The Hall–Kier alpha value is -2.43. The summed E-state index contributed by atoms with van der Waals surface area (Å²) >= 11 is 0. The van der Waals surface area contributed by atoms with E-state index in [1.54, 1.807) is 30.3 Å². The number of anilines is 1.